The van der Waals surface area contributed by atoms with Gasteiger partial charge in [-0.25, -0.2) is 0 Å². The number of anilines is 1. The van der Waals surface area contributed by atoms with Crippen molar-refractivity contribution in [3.05, 3.63) is 28.2 Å². The fraction of sp³-hybridized carbons (Fsp3) is 0.467. The van der Waals surface area contributed by atoms with Gasteiger partial charge in [0.2, 0.25) is 11.8 Å². The molecule has 1 aliphatic carbocycles. The van der Waals surface area contributed by atoms with Gasteiger partial charge >= 0.3 is 0 Å². The van der Waals surface area contributed by atoms with E-state index >= 15 is 0 Å². The van der Waals surface area contributed by atoms with Crippen LogP contribution in [0, 0.1) is 12.8 Å². The summed E-state index contributed by atoms with van der Waals surface area (Å²) in [5, 5.41) is 2.98. The number of hydrogen-bond donors (Lipinski definition) is 1. The zero-order valence-electron chi connectivity index (χ0n) is 11.4. The molecular weight excluding hydrogens is 320 g/mol. The van der Waals surface area contributed by atoms with Crippen molar-refractivity contribution < 1.29 is 9.59 Å². The third-order valence-corrected chi connectivity index (χ3v) is 4.76. The molecule has 20 heavy (non-hydrogen) atoms. The van der Waals surface area contributed by atoms with Crippen LogP contribution in [0.25, 0.3) is 0 Å². The quantitative estimate of drug-likeness (QED) is 0.921. The number of benzene rings is 1. The summed E-state index contributed by atoms with van der Waals surface area (Å²) in [5.74, 6) is -0.160. The minimum atomic E-state index is -0.216. The van der Waals surface area contributed by atoms with E-state index in [4.69, 9.17) is 0 Å². The molecule has 0 bridgehead atoms. The third kappa shape index (κ3) is 2.73. The summed E-state index contributed by atoms with van der Waals surface area (Å²) in [6.07, 6.45) is 2.46. The number of hydrogen-bond acceptors (Lipinski definition) is 2. The van der Waals surface area contributed by atoms with Crippen LogP contribution in [-0.4, -0.2) is 24.4 Å². The molecule has 1 aromatic carbocycles. The van der Waals surface area contributed by atoms with Crippen molar-refractivity contribution in [2.75, 3.05) is 11.4 Å². The van der Waals surface area contributed by atoms with E-state index in [9.17, 15) is 9.59 Å². The lowest BCUT2D eigenvalue weighted by molar-refractivity contribution is -0.126. The van der Waals surface area contributed by atoms with Crippen molar-refractivity contribution in [1.29, 1.82) is 0 Å². The van der Waals surface area contributed by atoms with Crippen molar-refractivity contribution >= 4 is 33.4 Å². The van der Waals surface area contributed by atoms with E-state index in [2.05, 4.69) is 21.2 Å². The molecule has 4 nitrogen and oxygen atoms in total. The predicted octanol–water partition coefficient (Wildman–Crippen LogP) is 2.39. The summed E-state index contributed by atoms with van der Waals surface area (Å²) in [5.41, 5.74) is 1.96. The number of nitrogens with one attached hydrogen (secondary N) is 1. The Bertz CT molecular complexity index is 569. The third-order valence-electron chi connectivity index (χ3n) is 3.87. The van der Waals surface area contributed by atoms with Crippen molar-refractivity contribution in [3.8, 4) is 0 Å². The minimum absolute atomic E-state index is 0.0252. The molecule has 1 saturated heterocycles. The second kappa shape index (κ2) is 5.20. The van der Waals surface area contributed by atoms with Gasteiger partial charge in [-0.15, -0.1) is 0 Å². The van der Waals surface area contributed by atoms with E-state index in [1.807, 2.05) is 25.1 Å². The molecule has 1 N–H and O–H groups in total. The smallest absolute Gasteiger partial charge is 0.227 e. The van der Waals surface area contributed by atoms with Crippen LogP contribution in [0.2, 0.25) is 0 Å². The Balaban J connectivity index is 1.72. The Morgan fingerprint density at radius 3 is 2.80 bits per heavy atom. The van der Waals surface area contributed by atoms with Crippen LogP contribution in [-0.2, 0) is 9.59 Å². The van der Waals surface area contributed by atoms with Crippen molar-refractivity contribution in [2.24, 2.45) is 5.92 Å². The Morgan fingerprint density at radius 1 is 1.40 bits per heavy atom. The first kappa shape index (κ1) is 13.6. The van der Waals surface area contributed by atoms with E-state index in [1.54, 1.807) is 4.90 Å². The number of halogens is 1. The van der Waals surface area contributed by atoms with Gasteiger partial charge < -0.3 is 10.2 Å². The molecule has 0 spiro atoms. The lowest BCUT2D eigenvalue weighted by Crippen LogP contribution is -2.34. The van der Waals surface area contributed by atoms with Gasteiger partial charge in [-0.3, -0.25) is 9.59 Å². The molecule has 0 radical (unpaired) electrons. The summed E-state index contributed by atoms with van der Waals surface area (Å²) in [7, 11) is 0. The van der Waals surface area contributed by atoms with Gasteiger partial charge in [-0.05, 0) is 43.5 Å². The zero-order chi connectivity index (χ0) is 14.3. The van der Waals surface area contributed by atoms with E-state index in [-0.39, 0.29) is 17.7 Å². The molecule has 5 heteroatoms. The van der Waals surface area contributed by atoms with Crippen LogP contribution in [0.3, 0.4) is 0 Å². The zero-order valence-corrected chi connectivity index (χ0v) is 12.9. The first-order chi connectivity index (χ1) is 9.54. The Morgan fingerprint density at radius 2 is 2.15 bits per heavy atom. The van der Waals surface area contributed by atoms with Gasteiger partial charge in [0.15, 0.2) is 0 Å². The van der Waals surface area contributed by atoms with Crippen LogP contribution < -0.4 is 10.2 Å². The molecule has 0 aromatic heterocycles. The maximum absolute atomic E-state index is 12.1. The molecule has 106 valence electrons. The highest BCUT2D eigenvalue weighted by molar-refractivity contribution is 9.10. The summed E-state index contributed by atoms with van der Waals surface area (Å²) in [6, 6.07) is 6.18. The van der Waals surface area contributed by atoms with Gasteiger partial charge in [0.25, 0.3) is 0 Å². The van der Waals surface area contributed by atoms with Crippen LogP contribution in [0.1, 0.15) is 24.8 Å². The minimum Gasteiger partial charge on any atom is -0.353 e. The van der Waals surface area contributed by atoms with Crippen molar-refractivity contribution in [2.45, 2.75) is 32.2 Å². The average molecular weight is 337 g/mol. The average Bonchev–Trinajstić information content (AvgIpc) is 3.13. The molecular formula is C15H17BrN2O2. The number of rotatable bonds is 3. The van der Waals surface area contributed by atoms with E-state index in [0.717, 1.165) is 28.6 Å². The summed E-state index contributed by atoms with van der Waals surface area (Å²) < 4.78 is 1.02. The molecule has 1 heterocycles. The maximum Gasteiger partial charge on any atom is 0.227 e. The van der Waals surface area contributed by atoms with Gasteiger partial charge in [-0.1, -0.05) is 15.9 Å². The molecule has 1 atom stereocenters. The highest BCUT2D eigenvalue weighted by Crippen LogP contribution is 2.29. The first-order valence-electron chi connectivity index (χ1n) is 6.91. The number of carbonyl (C=O) groups is 2. The fourth-order valence-electron chi connectivity index (χ4n) is 2.48. The van der Waals surface area contributed by atoms with Crippen LogP contribution in [0.4, 0.5) is 5.69 Å². The summed E-state index contributed by atoms with van der Waals surface area (Å²) in [6.45, 7) is 2.48. The molecule has 3 rings (SSSR count). The molecule has 1 saturated carbocycles. The monoisotopic (exact) mass is 336 g/mol. The standard InChI is InChI=1S/C15H17BrN2O2/c1-9-6-12(4-5-13(9)16)18-8-10(7-14(18)19)15(20)17-11-2-3-11/h4-6,10-11H,2-3,7-8H2,1H3,(H,17,20)/t10-/m1/s1. The van der Waals surface area contributed by atoms with E-state index in [1.165, 1.54) is 0 Å². The van der Waals surface area contributed by atoms with Gasteiger partial charge in [0.1, 0.15) is 0 Å². The van der Waals surface area contributed by atoms with Crippen molar-refractivity contribution in [3.63, 3.8) is 0 Å². The van der Waals surface area contributed by atoms with E-state index < -0.39 is 0 Å². The van der Waals surface area contributed by atoms with Gasteiger partial charge in [0.05, 0.1) is 5.92 Å². The number of carbonyl (C=O) groups excluding carboxylic acids is 2. The molecule has 0 unspecified atom stereocenters. The largest absolute Gasteiger partial charge is 0.353 e. The fourth-order valence-corrected chi connectivity index (χ4v) is 2.72. The van der Waals surface area contributed by atoms with E-state index in [0.29, 0.717) is 19.0 Å². The van der Waals surface area contributed by atoms with Crippen LogP contribution >= 0.6 is 15.9 Å². The Kier molecular flexibility index (Phi) is 3.54. The number of aryl methyl sites for hydroxylation is 1. The normalized spacial score (nSPS) is 22.2. The number of amides is 2. The van der Waals surface area contributed by atoms with Gasteiger partial charge in [-0.2, -0.15) is 0 Å². The lowest BCUT2D eigenvalue weighted by Gasteiger charge is -2.17. The second-order valence-electron chi connectivity index (χ2n) is 5.62. The lowest BCUT2D eigenvalue weighted by atomic mass is 10.1. The van der Waals surface area contributed by atoms with Crippen molar-refractivity contribution in [1.82, 2.24) is 5.32 Å². The van der Waals surface area contributed by atoms with Crippen LogP contribution in [0.15, 0.2) is 22.7 Å². The predicted molar refractivity (Wildman–Crippen MR) is 80.5 cm³/mol. The highest BCUT2D eigenvalue weighted by Gasteiger charge is 2.37. The Labute approximate surface area is 126 Å². The topological polar surface area (TPSA) is 49.4 Å². The molecule has 1 aromatic rings. The maximum atomic E-state index is 12.1. The Hall–Kier alpha value is -1.36. The second-order valence-corrected chi connectivity index (χ2v) is 6.48. The van der Waals surface area contributed by atoms with Crippen LogP contribution in [0.5, 0.6) is 0 Å². The molecule has 2 fully saturated rings. The summed E-state index contributed by atoms with van der Waals surface area (Å²) in [4.78, 5) is 25.9. The molecule has 2 aliphatic rings. The number of nitrogens with zero attached hydrogens (tertiary/aromatic N) is 1. The van der Waals surface area contributed by atoms with Gasteiger partial charge in [0, 0.05) is 29.2 Å². The SMILES string of the molecule is Cc1cc(N2C[C@H](C(=O)NC3CC3)CC2=O)ccc1Br. The summed E-state index contributed by atoms with van der Waals surface area (Å²) >= 11 is 3.45. The molecule has 1 aliphatic heterocycles. The first-order valence-corrected chi connectivity index (χ1v) is 7.71. The highest BCUT2D eigenvalue weighted by atomic mass is 79.9. The molecule has 2 amide bonds.